The maximum Gasteiger partial charge on any atom is 0.253 e. The van der Waals surface area contributed by atoms with Crippen molar-refractivity contribution in [1.29, 1.82) is 0 Å². The van der Waals surface area contributed by atoms with E-state index >= 15 is 0 Å². The highest BCUT2D eigenvalue weighted by Crippen LogP contribution is 2.17. The lowest BCUT2D eigenvalue weighted by Gasteiger charge is -2.35. The molecule has 136 valence electrons. The Morgan fingerprint density at radius 1 is 1.32 bits per heavy atom. The number of nitrogens with one attached hydrogen (secondary N) is 1. The van der Waals surface area contributed by atoms with Gasteiger partial charge in [-0.1, -0.05) is 13.0 Å². The van der Waals surface area contributed by atoms with Crippen LogP contribution in [-0.4, -0.2) is 54.8 Å². The summed E-state index contributed by atoms with van der Waals surface area (Å²) in [6.07, 6.45) is 4.89. The zero-order chi connectivity index (χ0) is 18.4. The van der Waals surface area contributed by atoms with Crippen LogP contribution in [0.15, 0.2) is 35.9 Å². The molecule has 0 aliphatic carbocycles. The van der Waals surface area contributed by atoms with E-state index < -0.39 is 0 Å². The zero-order valence-corrected chi connectivity index (χ0v) is 15.7. The van der Waals surface area contributed by atoms with E-state index in [-0.39, 0.29) is 17.9 Å². The maximum atomic E-state index is 12.7. The largest absolute Gasteiger partial charge is 0.337 e. The van der Waals surface area contributed by atoms with Crippen LogP contribution in [0.4, 0.5) is 5.69 Å². The Morgan fingerprint density at radius 2 is 2.00 bits per heavy atom. The minimum Gasteiger partial charge on any atom is -0.337 e. The summed E-state index contributed by atoms with van der Waals surface area (Å²) < 4.78 is 0. The maximum absolute atomic E-state index is 12.7. The van der Waals surface area contributed by atoms with Gasteiger partial charge in [-0.3, -0.25) is 9.59 Å². The SMILES string of the molecule is CC/C=C(\C)C(=O)Nc1ccc(C(=O)N(C)C2CCCN(C)C2)cc1. The van der Waals surface area contributed by atoms with Gasteiger partial charge in [0.05, 0.1) is 0 Å². The van der Waals surface area contributed by atoms with Gasteiger partial charge in [-0.05, 0) is 64.0 Å². The van der Waals surface area contributed by atoms with Crippen LogP contribution in [-0.2, 0) is 4.79 Å². The van der Waals surface area contributed by atoms with Gasteiger partial charge in [0, 0.05) is 36.5 Å². The number of amides is 2. The smallest absolute Gasteiger partial charge is 0.253 e. The van der Waals surface area contributed by atoms with Gasteiger partial charge in [0.15, 0.2) is 0 Å². The Morgan fingerprint density at radius 3 is 2.60 bits per heavy atom. The first kappa shape index (κ1) is 19.2. The summed E-state index contributed by atoms with van der Waals surface area (Å²) in [5.74, 6) is -0.0801. The molecular formula is C20H29N3O2. The van der Waals surface area contributed by atoms with Gasteiger partial charge < -0.3 is 15.1 Å². The highest BCUT2D eigenvalue weighted by molar-refractivity contribution is 6.03. The molecule has 0 bridgehead atoms. The van der Waals surface area contributed by atoms with Gasteiger partial charge in [-0.2, -0.15) is 0 Å². The van der Waals surface area contributed by atoms with Crippen molar-refractivity contribution in [3.63, 3.8) is 0 Å². The molecule has 1 aromatic rings. The number of hydrogen-bond donors (Lipinski definition) is 1. The first-order chi connectivity index (χ1) is 11.9. The number of allylic oxidation sites excluding steroid dienone is 1. The second-order valence-electron chi connectivity index (χ2n) is 6.80. The summed E-state index contributed by atoms with van der Waals surface area (Å²) in [5.41, 5.74) is 2.05. The van der Waals surface area contributed by atoms with E-state index in [2.05, 4.69) is 17.3 Å². The van der Waals surface area contributed by atoms with Gasteiger partial charge in [-0.25, -0.2) is 0 Å². The van der Waals surface area contributed by atoms with Crippen molar-refractivity contribution in [1.82, 2.24) is 9.80 Å². The minimum atomic E-state index is -0.108. The molecule has 1 unspecified atom stereocenters. The fourth-order valence-corrected chi connectivity index (χ4v) is 3.15. The number of likely N-dealkylation sites (tertiary alicyclic amines) is 1. The average Bonchev–Trinajstić information content (AvgIpc) is 2.61. The van der Waals surface area contributed by atoms with Crippen LogP contribution in [0.25, 0.3) is 0 Å². The normalized spacial score (nSPS) is 18.7. The monoisotopic (exact) mass is 343 g/mol. The van der Waals surface area contributed by atoms with E-state index in [0.717, 1.165) is 32.4 Å². The molecule has 1 fully saturated rings. The fraction of sp³-hybridized carbons (Fsp3) is 0.500. The van der Waals surface area contributed by atoms with E-state index in [4.69, 9.17) is 0 Å². The van der Waals surface area contributed by atoms with E-state index in [9.17, 15) is 9.59 Å². The Kier molecular flexibility index (Phi) is 6.76. The summed E-state index contributed by atoms with van der Waals surface area (Å²) in [4.78, 5) is 28.8. The van der Waals surface area contributed by atoms with Gasteiger partial charge in [-0.15, -0.1) is 0 Å². The van der Waals surface area contributed by atoms with Gasteiger partial charge in [0.2, 0.25) is 0 Å². The Bertz CT molecular complexity index is 637. The van der Waals surface area contributed by atoms with Gasteiger partial charge >= 0.3 is 0 Å². The van der Waals surface area contributed by atoms with Crippen molar-refractivity contribution in [2.75, 3.05) is 32.5 Å². The molecule has 1 aromatic carbocycles. The summed E-state index contributed by atoms with van der Waals surface area (Å²) in [6, 6.07) is 7.38. The van der Waals surface area contributed by atoms with Crippen LogP contribution in [0.5, 0.6) is 0 Å². The molecule has 0 aromatic heterocycles. The molecule has 5 heteroatoms. The molecule has 1 aliphatic heterocycles. The van der Waals surface area contributed by atoms with Crippen molar-refractivity contribution >= 4 is 17.5 Å². The Labute approximate surface area is 150 Å². The third-order valence-electron chi connectivity index (χ3n) is 4.73. The van der Waals surface area contributed by atoms with E-state index in [0.29, 0.717) is 16.8 Å². The number of nitrogens with zero attached hydrogens (tertiary/aromatic N) is 2. The van der Waals surface area contributed by atoms with Crippen LogP contribution in [0.3, 0.4) is 0 Å². The van der Waals surface area contributed by atoms with Crippen LogP contribution < -0.4 is 5.32 Å². The topological polar surface area (TPSA) is 52.7 Å². The van der Waals surface area contributed by atoms with Crippen LogP contribution >= 0.6 is 0 Å². The summed E-state index contributed by atoms with van der Waals surface area (Å²) in [5, 5.41) is 2.85. The summed E-state index contributed by atoms with van der Waals surface area (Å²) in [6.45, 7) is 5.81. The third kappa shape index (κ3) is 5.16. The zero-order valence-electron chi connectivity index (χ0n) is 15.7. The van der Waals surface area contributed by atoms with Crippen LogP contribution in [0.2, 0.25) is 0 Å². The second-order valence-corrected chi connectivity index (χ2v) is 6.80. The molecule has 2 rings (SSSR count). The number of carbonyl (C=O) groups excluding carboxylic acids is 2. The summed E-state index contributed by atoms with van der Waals surface area (Å²) in [7, 11) is 3.97. The fourth-order valence-electron chi connectivity index (χ4n) is 3.15. The molecule has 0 spiro atoms. The predicted molar refractivity (Wildman–Crippen MR) is 102 cm³/mol. The lowest BCUT2D eigenvalue weighted by atomic mass is 10.0. The Hall–Kier alpha value is -2.14. The highest BCUT2D eigenvalue weighted by Gasteiger charge is 2.25. The van der Waals surface area contributed by atoms with E-state index in [1.54, 1.807) is 31.2 Å². The van der Waals surface area contributed by atoms with Crippen LogP contribution in [0, 0.1) is 0 Å². The van der Waals surface area contributed by atoms with Gasteiger partial charge in [0.1, 0.15) is 0 Å². The van der Waals surface area contributed by atoms with Crippen molar-refractivity contribution < 1.29 is 9.59 Å². The summed E-state index contributed by atoms with van der Waals surface area (Å²) >= 11 is 0. The molecule has 1 aliphatic rings. The lowest BCUT2D eigenvalue weighted by molar-refractivity contribution is -0.112. The molecule has 25 heavy (non-hydrogen) atoms. The lowest BCUT2D eigenvalue weighted by Crippen LogP contribution is -2.47. The molecule has 1 saturated heterocycles. The second kappa shape index (κ2) is 8.81. The number of rotatable bonds is 5. The van der Waals surface area contributed by atoms with Crippen molar-refractivity contribution in [2.45, 2.75) is 39.2 Å². The number of benzene rings is 1. The number of carbonyl (C=O) groups is 2. The molecule has 2 amide bonds. The molecule has 1 N–H and O–H groups in total. The Balaban J connectivity index is 2.00. The average molecular weight is 343 g/mol. The number of hydrogen-bond acceptors (Lipinski definition) is 3. The van der Waals surface area contributed by atoms with Crippen molar-refractivity contribution in [3.05, 3.63) is 41.5 Å². The molecule has 0 saturated carbocycles. The van der Waals surface area contributed by atoms with Gasteiger partial charge in [0.25, 0.3) is 11.8 Å². The van der Waals surface area contributed by atoms with E-state index in [1.165, 1.54) is 0 Å². The molecular weight excluding hydrogens is 314 g/mol. The predicted octanol–water partition coefficient (Wildman–Crippen LogP) is 3.15. The number of piperidine rings is 1. The van der Waals surface area contributed by atoms with Crippen molar-refractivity contribution in [3.8, 4) is 0 Å². The molecule has 1 heterocycles. The molecule has 0 radical (unpaired) electrons. The van der Waals surface area contributed by atoms with E-state index in [1.807, 2.05) is 24.9 Å². The minimum absolute atomic E-state index is 0.0280. The molecule has 5 nitrogen and oxygen atoms in total. The quantitative estimate of drug-likeness (QED) is 0.836. The van der Waals surface area contributed by atoms with Crippen LogP contribution in [0.1, 0.15) is 43.5 Å². The third-order valence-corrected chi connectivity index (χ3v) is 4.73. The molecule has 1 atom stereocenters. The highest BCUT2D eigenvalue weighted by atomic mass is 16.2. The standard InChI is InChI=1S/C20H29N3O2/c1-5-7-15(2)19(24)21-17-11-9-16(10-12-17)20(25)23(4)18-8-6-13-22(3)14-18/h7,9-12,18H,5-6,8,13-14H2,1-4H3,(H,21,24)/b15-7+. The number of anilines is 1. The van der Waals surface area contributed by atoms with Crippen molar-refractivity contribution in [2.24, 2.45) is 0 Å². The first-order valence-corrected chi connectivity index (χ1v) is 8.96. The number of likely N-dealkylation sites (N-methyl/N-ethyl adjacent to an activating group) is 2. The first-order valence-electron chi connectivity index (χ1n) is 8.96.